The lowest BCUT2D eigenvalue weighted by molar-refractivity contribution is 0.104. The molecule has 0 N–H and O–H groups in total. The van der Waals surface area contributed by atoms with Gasteiger partial charge in [0.15, 0.2) is 5.78 Å². The number of allylic oxidation sites excluding steroid dienone is 1. The van der Waals surface area contributed by atoms with E-state index < -0.39 is 0 Å². The van der Waals surface area contributed by atoms with E-state index in [-0.39, 0.29) is 5.78 Å². The molecule has 1 aliphatic carbocycles. The Kier molecular flexibility index (Phi) is 3.85. The van der Waals surface area contributed by atoms with Crippen LogP contribution in [0.15, 0.2) is 60.2 Å². The van der Waals surface area contributed by atoms with Gasteiger partial charge in [0.25, 0.3) is 0 Å². The van der Waals surface area contributed by atoms with E-state index in [9.17, 15) is 4.79 Å². The lowest BCUT2D eigenvalue weighted by atomic mass is 10.1. The zero-order valence-corrected chi connectivity index (χ0v) is 14.5. The van der Waals surface area contributed by atoms with Gasteiger partial charge in [-0.05, 0) is 31.1 Å². The van der Waals surface area contributed by atoms with Gasteiger partial charge in [0.1, 0.15) is 0 Å². The molecule has 0 fully saturated rings. The van der Waals surface area contributed by atoms with Crippen molar-refractivity contribution in [3.8, 4) is 0 Å². The van der Waals surface area contributed by atoms with Gasteiger partial charge in [-0.25, -0.2) is 0 Å². The fraction of sp³-hybridized carbons (Fsp3) is 0.182. The van der Waals surface area contributed by atoms with Crippen LogP contribution < -0.4 is 0 Å². The quantitative estimate of drug-likeness (QED) is 0.669. The van der Waals surface area contributed by atoms with Crippen molar-refractivity contribution in [2.24, 2.45) is 0 Å². The zero-order chi connectivity index (χ0) is 17.4. The van der Waals surface area contributed by atoms with E-state index in [0.29, 0.717) is 6.42 Å². The van der Waals surface area contributed by atoms with Crippen LogP contribution in [0.3, 0.4) is 0 Å². The molecule has 0 spiro atoms. The monoisotopic (exact) mass is 328 g/mol. The molecule has 0 radical (unpaired) electrons. The number of rotatable bonds is 3. The predicted octanol–water partition coefficient (Wildman–Crippen LogP) is 4.37. The van der Waals surface area contributed by atoms with Crippen LogP contribution in [0.5, 0.6) is 0 Å². The third-order valence-corrected chi connectivity index (χ3v) is 4.87. The molecule has 1 aromatic heterocycles. The molecule has 3 aromatic rings. The molecule has 124 valence electrons. The normalized spacial score (nSPS) is 15.0. The highest BCUT2D eigenvalue weighted by atomic mass is 16.1. The largest absolute Gasteiger partial charge is 0.289 e. The fourth-order valence-corrected chi connectivity index (χ4v) is 3.48. The van der Waals surface area contributed by atoms with Crippen LogP contribution in [0.4, 0.5) is 0 Å². The van der Waals surface area contributed by atoms with E-state index in [1.54, 1.807) is 0 Å². The van der Waals surface area contributed by atoms with Crippen LogP contribution in [0.25, 0.3) is 6.08 Å². The summed E-state index contributed by atoms with van der Waals surface area (Å²) >= 11 is 0. The minimum Gasteiger partial charge on any atom is -0.289 e. The lowest BCUT2D eigenvalue weighted by Crippen LogP contribution is -2.04. The molecule has 0 aliphatic heterocycles. The molecule has 3 nitrogen and oxygen atoms in total. The van der Waals surface area contributed by atoms with Gasteiger partial charge in [-0.3, -0.25) is 9.48 Å². The van der Waals surface area contributed by atoms with Crippen molar-refractivity contribution >= 4 is 11.9 Å². The van der Waals surface area contributed by atoms with E-state index in [4.69, 9.17) is 0 Å². The molecule has 4 rings (SSSR count). The summed E-state index contributed by atoms with van der Waals surface area (Å²) < 4.78 is 2.02. The summed E-state index contributed by atoms with van der Waals surface area (Å²) in [4.78, 5) is 12.6. The summed E-state index contributed by atoms with van der Waals surface area (Å²) in [6.45, 7) is 4.82. The minimum absolute atomic E-state index is 0.144. The van der Waals surface area contributed by atoms with Crippen molar-refractivity contribution < 1.29 is 4.79 Å². The van der Waals surface area contributed by atoms with Crippen LogP contribution in [0.2, 0.25) is 0 Å². The van der Waals surface area contributed by atoms with Crippen molar-refractivity contribution in [2.75, 3.05) is 0 Å². The summed E-state index contributed by atoms with van der Waals surface area (Å²) in [6.07, 6.45) is 2.74. The second kappa shape index (κ2) is 6.17. The van der Waals surface area contributed by atoms with Crippen LogP contribution in [0, 0.1) is 13.8 Å². The van der Waals surface area contributed by atoms with Crippen molar-refractivity contribution in [1.29, 1.82) is 0 Å². The Hall–Kier alpha value is -2.94. The third kappa shape index (κ3) is 2.82. The Bertz CT molecular complexity index is 981. The highest BCUT2D eigenvalue weighted by Crippen LogP contribution is 2.29. The molecule has 1 heterocycles. The molecule has 0 amide bonds. The van der Waals surface area contributed by atoms with E-state index >= 15 is 0 Å². The number of carbonyl (C=O) groups is 1. The summed E-state index contributed by atoms with van der Waals surface area (Å²) in [6, 6.07) is 18.2. The van der Waals surface area contributed by atoms with E-state index in [0.717, 1.165) is 40.2 Å². The van der Waals surface area contributed by atoms with Gasteiger partial charge in [-0.2, -0.15) is 5.10 Å². The maximum Gasteiger partial charge on any atom is 0.189 e. The summed E-state index contributed by atoms with van der Waals surface area (Å²) in [5.41, 5.74) is 7.14. The second-order valence-electron chi connectivity index (χ2n) is 6.56. The van der Waals surface area contributed by atoms with Crippen molar-refractivity contribution in [1.82, 2.24) is 9.78 Å². The SMILES string of the molecule is Cc1nn(Cc2ccccc2)c(C)c1C=C1Cc2ccccc2C1=O. The van der Waals surface area contributed by atoms with Crippen molar-refractivity contribution in [2.45, 2.75) is 26.8 Å². The van der Waals surface area contributed by atoms with Gasteiger partial charge < -0.3 is 0 Å². The summed E-state index contributed by atoms with van der Waals surface area (Å²) in [5, 5.41) is 4.68. The number of benzene rings is 2. The maximum atomic E-state index is 12.6. The molecule has 25 heavy (non-hydrogen) atoms. The number of Topliss-reactive ketones (excluding diaryl/α,β-unsaturated/α-hetero) is 1. The smallest absolute Gasteiger partial charge is 0.189 e. The highest BCUT2D eigenvalue weighted by Gasteiger charge is 2.25. The molecule has 1 aliphatic rings. The zero-order valence-electron chi connectivity index (χ0n) is 14.5. The maximum absolute atomic E-state index is 12.6. The summed E-state index contributed by atoms with van der Waals surface area (Å²) in [5.74, 6) is 0.144. The number of aromatic nitrogens is 2. The first-order valence-corrected chi connectivity index (χ1v) is 8.54. The molecule has 0 atom stereocenters. The second-order valence-corrected chi connectivity index (χ2v) is 6.56. The highest BCUT2D eigenvalue weighted by molar-refractivity contribution is 6.15. The first-order chi connectivity index (χ1) is 12.1. The Morgan fingerprint density at radius 3 is 2.52 bits per heavy atom. The predicted molar refractivity (Wildman–Crippen MR) is 99.7 cm³/mol. The molecule has 2 aromatic carbocycles. The number of hydrogen-bond donors (Lipinski definition) is 0. The van der Waals surface area contributed by atoms with Gasteiger partial charge in [0, 0.05) is 28.8 Å². The van der Waals surface area contributed by atoms with Crippen LogP contribution in [-0.2, 0) is 13.0 Å². The van der Waals surface area contributed by atoms with Gasteiger partial charge in [0.2, 0.25) is 0 Å². The number of aryl methyl sites for hydroxylation is 1. The molecule has 0 unspecified atom stereocenters. The topological polar surface area (TPSA) is 34.9 Å². The lowest BCUT2D eigenvalue weighted by Gasteiger charge is -2.05. The van der Waals surface area contributed by atoms with Crippen molar-refractivity contribution in [3.63, 3.8) is 0 Å². The van der Waals surface area contributed by atoms with Gasteiger partial charge in [0.05, 0.1) is 12.2 Å². The van der Waals surface area contributed by atoms with Gasteiger partial charge in [-0.1, -0.05) is 54.6 Å². The Morgan fingerprint density at radius 1 is 1.04 bits per heavy atom. The van der Waals surface area contributed by atoms with Crippen LogP contribution in [-0.4, -0.2) is 15.6 Å². The fourth-order valence-electron chi connectivity index (χ4n) is 3.48. The van der Waals surface area contributed by atoms with Crippen LogP contribution in [0.1, 0.15) is 38.4 Å². The third-order valence-electron chi connectivity index (χ3n) is 4.87. The minimum atomic E-state index is 0.144. The first-order valence-electron chi connectivity index (χ1n) is 8.54. The average molecular weight is 328 g/mol. The van der Waals surface area contributed by atoms with Crippen LogP contribution >= 0.6 is 0 Å². The molecular formula is C22H20N2O. The molecular weight excluding hydrogens is 308 g/mol. The molecule has 0 bridgehead atoms. The van der Waals surface area contributed by atoms with Gasteiger partial charge in [-0.15, -0.1) is 0 Å². The first kappa shape index (κ1) is 15.6. The molecule has 0 saturated heterocycles. The Labute approximate surface area is 147 Å². The van der Waals surface area contributed by atoms with E-state index in [2.05, 4.69) is 24.2 Å². The van der Waals surface area contributed by atoms with E-state index in [1.807, 2.05) is 60.1 Å². The average Bonchev–Trinajstić information content (AvgIpc) is 3.08. The van der Waals surface area contributed by atoms with Crippen molar-refractivity contribution in [3.05, 3.63) is 93.8 Å². The standard InChI is InChI=1S/C22H20N2O/c1-15-21(13-19-12-18-10-6-7-11-20(18)22(19)25)16(2)24(23-15)14-17-8-4-3-5-9-17/h3-11,13H,12,14H2,1-2H3. The summed E-state index contributed by atoms with van der Waals surface area (Å²) in [7, 11) is 0. The number of nitrogens with zero attached hydrogens (tertiary/aromatic N) is 2. The number of ketones is 1. The Balaban J connectivity index is 1.67. The number of carbonyl (C=O) groups excluding carboxylic acids is 1. The Morgan fingerprint density at radius 2 is 1.76 bits per heavy atom. The van der Waals surface area contributed by atoms with E-state index in [1.165, 1.54) is 5.56 Å². The number of fused-ring (bicyclic) bond motifs is 1. The number of hydrogen-bond acceptors (Lipinski definition) is 2. The molecule has 3 heteroatoms. The molecule has 0 saturated carbocycles. The van der Waals surface area contributed by atoms with Gasteiger partial charge >= 0.3 is 0 Å².